The van der Waals surface area contributed by atoms with Crippen LogP contribution in [0.3, 0.4) is 0 Å². The van der Waals surface area contributed by atoms with Crippen molar-refractivity contribution in [3.05, 3.63) is 41.1 Å². The minimum atomic E-state index is -4.47. The highest BCUT2D eigenvalue weighted by Gasteiger charge is 2.42. The average molecular weight is 649 g/mol. The molecule has 3 aromatic rings. The van der Waals surface area contributed by atoms with E-state index in [9.17, 15) is 40.3 Å². The van der Waals surface area contributed by atoms with Crippen molar-refractivity contribution in [1.82, 2.24) is 34.9 Å². The summed E-state index contributed by atoms with van der Waals surface area (Å²) in [5.41, 5.74) is 6.49. The van der Waals surface area contributed by atoms with Crippen molar-refractivity contribution < 1.29 is 45.1 Å². The number of aromatic nitrogens is 6. The lowest BCUT2D eigenvalue weighted by atomic mass is 9.75. The zero-order valence-electron chi connectivity index (χ0n) is 23.8. The molecule has 3 heterocycles. The molecule has 2 saturated carbocycles. The van der Waals surface area contributed by atoms with E-state index >= 15 is 0 Å². The van der Waals surface area contributed by atoms with Gasteiger partial charge in [-0.3, -0.25) is 9.59 Å². The van der Waals surface area contributed by atoms with E-state index in [2.05, 4.69) is 30.3 Å². The molecule has 0 bridgehead atoms. The number of primary amides is 1. The number of carbonyl (C=O) groups is 2. The maximum absolute atomic E-state index is 14.1. The summed E-state index contributed by atoms with van der Waals surface area (Å²) in [4.78, 5) is 30.4. The molecule has 0 aliphatic heterocycles. The van der Waals surface area contributed by atoms with Crippen LogP contribution < -0.4 is 11.1 Å². The highest BCUT2D eigenvalue weighted by atomic mass is 19.4. The number of hydrogen-bond donors (Lipinski definition) is 2. The maximum atomic E-state index is 14.1. The summed E-state index contributed by atoms with van der Waals surface area (Å²) in [6, 6.07) is 1.04. The number of ether oxygens (including phenoxy) is 1. The van der Waals surface area contributed by atoms with Gasteiger partial charge in [-0.05, 0) is 49.1 Å². The Morgan fingerprint density at radius 3 is 2.44 bits per heavy atom. The molecule has 0 aromatic carbocycles. The predicted octanol–water partition coefficient (Wildman–Crippen LogP) is 4.53. The summed E-state index contributed by atoms with van der Waals surface area (Å²) in [5, 5.41) is 15.4. The highest BCUT2D eigenvalue weighted by Crippen LogP contribution is 2.45. The van der Waals surface area contributed by atoms with Crippen molar-refractivity contribution in [2.24, 2.45) is 17.6 Å². The summed E-state index contributed by atoms with van der Waals surface area (Å²) < 4.78 is 96.8. The quantitative estimate of drug-likeness (QED) is 0.260. The van der Waals surface area contributed by atoms with Crippen LogP contribution in [0.5, 0.6) is 0 Å². The molecule has 18 heteroatoms. The molecule has 2 amide bonds. The third-order valence-corrected chi connectivity index (χ3v) is 8.06. The molecule has 3 N–H and O–H groups in total. The van der Waals surface area contributed by atoms with Gasteiger partial charge in [-0.1, -0.05) is 0 Å². The van der Waals surface area contributed by atoms with Crippen molar-refractivity contribution in [2.45, 2.75) is 88.6 Å². The van der Waals surface area contributed by atoms with Crippen LogP contribution in [0.25, 0.3) is 5.65 Å². The summed E-state index contributed by atoms with van der Waals surface area (Å²) in [5.74, 6) is -5.88. The van der Waals surface area contributed by atoms with Gasteiger partial charge in [0.05, 0.1) is 49.6 Å². The number of nitrogens with two attached hydrogens (primary N) is 1. The molecule has 0 saturated heterocycles. The van der Waals surface area contributed by atoms with Gasteiger partial charge in [-0.2, -0.15) is 36.9 Å². The van der Waals surface area contributed by atoms with Gasteiger partial charge in [0.25, 0.3) is 5.91 Å². The topological polar surface area (TPSA) is 142 Å². The Morgan fingerprint density at radius 1 is 1.11 bits per heavy atom. The molecule has 5 rings (SSSR count). The number of hydrogen-bond acceptors (Lipinski definition) is 7. The van der Waals surface area contributed by atoms with E-state index in [1.807, 2.05) is 0 Å². The molecule has 246 valence electrons. The first-order valence-corrected chi connectivity index (χ1v) is 14.4. The summed E-state index contributed by atoms with van der Waals surface area (Å²) in [6.07, 6.45) is -2.62. The first kappa shape index (κ1) is 32.6. The fraction of sp³-hybridized carbons (Fsp3) is 0.630. The van der Waals surface area contributed by atoms with Crippen LogP contribution in [0.2, 0.25) is 0 Å². The average Bonchev–Trinajstić information content (AvgIpc) is 3.57. The monoisotopic (exact) mass is 648 g/mol. The number of amides is 2. The van der Waals surface area contributed by atoms with Crippen LogP contribution in [-0.2, 0) is 16.1 Å². The Labute approximate surface area is 251 Å². The molecule has 0 spiro atoms. The van der Waals surface area contributed by atoms with Gasteiger partial charge in [0, 0.05) is 19.3 Å². The highest BCUT2D eigenvalue weighted by molar-refractivity contribution is 5.92. The van der Waals surface area contributed by atoms with E-state index in [4.69, 9.17) is 5.73 Å². The van der Waals surface area contributed by atoms with Gasteiger partial charge in [-0.25, -0.2) is 18.3 Å². The van der Waals surface area contributed by atoms with Crippen LogP contribution in [0.4, 0.5) is 30.7 Å². The first-order valence-electron chi connectivity index (χ1n) is 14.4. The second kappa shape index (κ2) is 12.9. The summed E-state index contributed by atoms with van der Waals surface area (Å²) >= 11 is 0. The number of fused-ring (bicyclic) bond motifs is 1. The van der Waals surface area contributed by atoms with Gasteiger partial charge in [-0.15, -0.1) is 5.10 Å². The van der Waals surface area contributed by atoms with Crippen LogP contribution in [0.15, 0.2) is 18.5 Å². The fourth-order valence-corrected chi connectivity index (χ4v) is 5.70. The second-order valence-corrected chi connectivity index (χ2v) is 11.5. The van der Waals surface area contributed by atoms with Crippen molar-refractivity contribution in [3.63, 3.8) is 0 Å². The van der Waals surface area contributed by atoms with E-state index < -0.39 is 80.7 Å². The van der Waals surface area contributed by atoms with Gasteiger partial charge in [0.1, 0.15) is 5.69 Å². The summed E-state index contributed by atoms with van der Waals surface area (Å²) in [7, 11) is 0. The molecule has 2 aliphatic carbocycles. The van der Waals surface area contributed by atoms with Crippen LogP contribution in [0, 0.1) is 11.8 Å². The number of rotatable bonds is 13. The second-order valence-electron chi connectivity index (χ2n) is 11.5. The Morgan fingerprint density at radius 2 is 1.82 bits per heavy atom. The number of carbonyl (C=O) groups excluding carboxylic acids is 2. The van der Waals surface area contributed by atoms with Crippen molar-refractivity contribution in [1.29, 1.82) is 0 Å². The van der Waals surface area contributed by atoms with Gasteiger partial charge in [0.2, 0.25) is 11.8 Å². The minimum absolute atomic E-state index is 0.0115. The zero-order valence-corrected chi connectivity index (χ0v) is 23.8. The number of nitrogens with one attached hydrogen (secondary N) is 1. The molecule has 45 heavy (non-hydrogen) atoms. The SMILES string of the molecule is NC(=O)c1nn(CCOC(F)F)nc1[C@H](c1cn2ncc([C@H](NC(=O)CCC(F)(F)F)C3CC3)cc2n1)C1CCC(F)(F)CC1. The third-order valence-electron chi connectivity index (χ3n) is 8.06. The predicted molar refractivity (Wildman–Crippen MR) is 141 cm³/mol. The molecule has 3 aromatic heterocycles. The molecular weight excluding hydrogens is 617 g/mol. The molecule has 2 atom stereocenters. The van der Waals surface area contributed by atoms with Gasteiger partial charge >= 0.3 is 12.8 Å². The third kappa shape index (κ3) is 8.26. The number of halogens is 7. The first-order chi connectivity index (χ1) is 21.2. The molecule has 0 radical (unpaired) electrons. The number of alkyl halides is 7. The lowest BCUT2D eigenvalue weighted by Crippen LogP contribution is -2.30. The fourth-order valence-electron chi connectivity index (χ4n) is 5.70. The standard InChI is InChI=1S/C27H31F7N8O3/c28-25(29)45-10-9-42-39-22(23(40-42)24(35)44)20(14-3-6-26(30,31)7-4-14)17-13-41-18(37-17)11-16(12-36-41)21(15-1-2-15)38-19(43)5-8-27(32,33)34/h11-15,20-21,25H,1-10H2,(H2,35,44)(H,38,43)/t20-,21+/m0/s1. The number of imidazole rings is 1. The largest absolute Gasteiger partial charge is 0.389 e. The minimum Gasteiger partial charge on any atom is -0.364 e. The van der Waals surface area contributed by atoms with Crippen molar-refractivity contribution >= 4 is 17.5 Å². The van der Waals surface area contributed by atoms with E-state index in [0.29, 0.717) is 16.9 Å². The smallest absolute Gasteiger partial charge is 0.364 e. The normalized spacial score (nSPS) is 18.8. The Hall–Kier alpha value is -3.83. The molecule has 11 nitrogen and oxygen atoms in total. The van der Waals surface area contributed by atoms with Gasteiger partial charge in [0.15, 0.2) is 11.3 Å². The molecule has 2 aliphatic rings. The van der Waals surface area contributed by atoms with Crippen LogP contribution in [0.1, 0.15) is 90.8 Å². The Kier molecular flexibility index (Phi) is 9.32. The van der Waals surface area contributed by atoms with Crippen LogP contribution in [-0.4, -0.2) is 66.7 Å². The van der Waals surface area contributed by atoms with E-state index in [1.165, 1.54) is 16.9 Å². The van der Waals surface area contributed by atoms with Crippen molar-refractivity contribution in [3.8, 4) is 0 Å². The van der Waals surface area contributed by atoms with E-state index in [-0.39, 0.29) is 36.7 Å². The van der Waals surface area contributed by atoms with Gasteiger partial charge < -0.3 is 15.8 Å². The van der Waals surface area contributed by atoms with E-state index in [1.54, 1.807) is 6.07 Å². The lowest BCUT2D eigenvalue weighted by molar-refractivity contribution is -0.144. The van der Waals surface area contributed by atoms with Crippen molar-refractivity contribution in [2.75, 3.05) is 6.61 Å². The zero-order chi connectivity index (χ0) is 32.5. The van der Waals surface area contributed by atoms with Crippen LogP contribution >= 0.6 is 0 Å². The molecular formula is C27H31F7N8O3. The Bertz CT molecular complexity index is 1510. The molecule has 2 fully saturated rings. The number of nitrogens with zero attached hydrogens (tertiary/aromatic N) is 6. The maximum Gasteiger partial charge on any atom is 0.389 e. The lowest BCUT2D eigenvalue weighted by Gasteiger charge is -2.32. The summed E-state index contributed by atoms with van der Waals surface area (Å²) in [6.45, 7) is -3.75. The Balaban J connectivity index is 1.47. The van der Waals surface area contributed by atoms with E-state index in [0.717, 1.165) is 17.6 Å². The molecule has 0 unspecified atom stereocenters.